The zero-order valence-electron chi connectivity index (χ0n) is 35.4. The minimum Gasteiger partial charge on any atom is -0.387 e. The number of nitrogen functional groups attached to an aromatic ring is 3. The number of imidazole rings is 3. The van der Waals surface area contributed by atoms with Gasteiger partial charge in [0.1, 0.15) is 90.5 Å². The fourth-order valence-corrected chi connectivity index (χ4v) is 11.4. The average Bonchev–Trinajstić information content (AvgIpc) is 4.16. The third-order valence-electron chi connectivity index (χ3n) is 11.2. The Morgan fingerprint density at radius 2 is 0.884 bits per heavy atom. The highest BCUT2D eigenvalue weighted by Gasteiger charge is 2.53. The molecule has 12 N–H and O–H groups in total. The normalized spacial score (nSPS) is 30.4. The summed E-state index contributed by atoms with van der Waals surface area (Å²) < 4.78 is 63.3. The van der Waals surface area contributed by atoms with Crippen molar-refractivity contribution in [2.45, 2.75) is 73.6 Å². The number of aromatic nitrogens is 12. The zero-order valence-corrected chi connectivity index (χ0v) is 40.6. The summed E-state index contributed by atoms with van der Waals surface area (Å²) in [5.74, 6) is 0.179. The summed E-state index contributed by atoms with van der Waals surface area (Å²) in [4.78, 5) is 80.3. The van der Waals surface area contributed by atoms with E-state index in [1.165, 1.54) is 65.9 Å². The van der Waals surface area contributed by atoms with E-state index in [1.807, 2.05) is 0 Å². The van der Waals surface area contributed by atoms with Crippen LogP contribution in [-0.4, -0.2) is 177 Å². The summed E-state index contributed by atoms with van der Waals surface area (Å²) in [7, 11) is 2.61. The molecule has 31 nitrogen and oxygen atoms in total. The molecule has 3 aliphatic rings. The van der Waals surface area contributed by atoms with Crippen LogP contribution in [-0.2, 0) is 81.7 Å². The Morgan fingerprint density at radius 1 is 0.522 bits per heavy atom. The Labute approximate surface area is 402 Å². The van der Waals surface area contributed by atoms with Gasteiger partial charge in [-0.3, -0.25) is 22.7 Å². The van der Waals surface area contributed by atoms with Gasteiger partial charge in [0, 0.05) is 14.2 Å². The number of hydrogen-bond acceptors (Lipinski definition) is 27. The first-order valence-electron chi connectivity index (χ1n) is 20.0. The molecular weight excluding hydrogens is 1040 g/mol. The molecule has 14 unspecified atom stereocenters. The molecule has 6 aromatic heterocycles. The maximum Gasteiger partial charge on any atom is 0.325 e. The van der Waals surface area contributed by atoms with Crippen molar-refractivity contribution in [3.05, 3.63) is 38.0 Å². The van der Waals surface area contributed by atoms with Crippen molar-refractivity contribution in [3.63, 3.8) is 0 Å². The third-order valence-corrected chi connectivity index (χ3v) is 15.1. The van der Waals surface area contributed by atoms with Gasteiger partial charge < -0.3 is 84.2 Å². The van der Waals surface area contributed by atoms with E-state index in [4.69, 9.17) is 87.1 Å². The zero-order chi connectivity index (χ0) is 49.2. The molecule has 0 spiro atoms. The molecule has 374 valence electrons. The number of hydrogen-bond donors (Lipinski definition) is 9. The van der Waals surface area contributed by atoms with Gasteiger partial charge in [0.05, 0.1) is 38.8 Å². The lowest BCUT2D eigenvalue weighted by Crippen LogP contribution is -2.38. The standard InChI is InChI=1S/C32H42N15O16P3S3/c1-54-20-13(4-56-64(50,51)67)60-31(46-10-43-16-25(34)37-7-40-28(16)46)22(20)63-66(53,69)58-5-14-21(55-2)23(32(61-14)47-11-44-17-26(35)38-8-41-29(17)47)62-65(52,68)57-3-12-18(48)19(49)30(59-12)45-9-42-15-24(33)36-6-39-27(15)45/h6-14,18-23,30-32,48-49H,3-5H2,1-2H3,(H,52,68)(H,53,69)(H2,33,36,39)(H2,34,37,40)(H2,35,38,41)(H2,50,51,67). The molecule has 3 aliphatic heterocycles. The van der Waals surface area contributed by atoms with Crippen molar-refractivity contribution in [1.29, 1.82) is 0 Å². The lowest BCUT2D eigenvalue weighted by molar-refractivity contribution is -0.0596. The van der Waals surface area contributed by atoms with Crippen LogP contribution in [0.25, 0.3) is 33.5 Å². The minimum absolute atomic E-state index is 0.0381. The number of rotatable bonds is 18. The number of aliphatic hydroxyl groups excluding tert-OH is 2. The van der Waals surface area contributed by atoms with E-state index >= 15 is 0 Å². The molecule has 3 fully saturated rings. The molecule has 14 atom stereocenters. The number of nitrogens with two attached hydrogens (primary N) is 3. The first-order chi connectivity index (χ1) is 32.8. The van der Waals surface area contributed by atoms with Crippen LogP contribution < -0.4 is 17.2 Å². The molecule has 0 aliphatic carbocycles. The molecule has 3 saturated heterocycles. The molecule has 0 aromatic carbocycles. The highest BCUT2D eigenvalue weighted by molar-refractivity contribution is 8.07. The number of nitrogens with zero attached hydrogens (tertiary/aromatic N) is 12. The molecule has 0 amide bonds. The van der Waals surface area contributed by atoms with Gasteiger partial charge in [0.2, 0.25) is 0 Å². The van der Waals surface area contributed by atoms with E-state index in [9.17, 15) is 29.8 Å². The van der Waals surface area contributed by atoms with Crippen molar-refractivity contribution in [2.24, 2.45) is 0 Å². The van der Waals surface area contributed by atoms with Crippen LogP contribution in [0.1, 0.15) is 18.7 Å². The van der Waals surface area contributed by atoms with Gasteiger partial charge in [-0.15, -0.1) is 0 Å². The van der Waals surface area contributed by atoms with Gasteiger partial charge >= 0.3 is 20.2 Å². The number of anilines is 3. The van der Waals surface area contributed by atoms with Crippen LogP contribution in [0.4, 0.5) is 17.5 Å². The average molecular weight is 1080 g/mol. The lowest BCUT2D eigenvalue weighted by atomic mass is 10.1. The van der Waals surface area contributed by atoms with Gasteiger partial charge in [-0.25, -0.2) is 44.9 Å². The Balaban J connectivity index is 0.940. The largest absolute Gasteiger partial charge is 0.387 e. The smallest absolute Gasteiger partial charge is 0.325 e. The summed E-state index contributed by atoms with van der Waals surface area (Å²) in [6.07, 6.45) is -7.78. The van der Waals surface area contributed by atoms with Gasteiger partial charge in [-0.1, -0.05) is 0 Å². The molecule has 0 bridgehead atoms. The quantitative estimate of drug-likeness (QED) is 0.0427. The SMILES string of the molecule is COC1C(COP(O)(O)=S)OC(n2cnc3c(N)ncnc32)C1OP(O)(=S)OCC1OC(n2cnc3c(N)ncnc32)C(OP(O)(=S)OCC2OC(n3cnc4c(N)ncnc43)C(O)C2O)C1OC. The van der Waals surface area contributed by atoms with Crippen LogP contribution in [0.2, 0.25) is 0 Å². The molecule has 9 heterocycles. The summed E-state index contributed by atoms with van der Waals surface area (Å²) in [6.45, 7) is -14.6. The van der Waals surface area contributed by atoms with E-state index in [1.54, 1.807) is 0 Å². The maximum absolute atomic E-state index is 11.7. The van der Waals surface area contributed by atoms with Crippen molar-refractivity contribution in [1.82, 2.24) is 58.6 Å². The Kier molecular flexibility index (Phi) is 14.4. The Bertz CT molecular complexity index is 2990. The number of aliphatic hydroxyl groups is 2. The second-order valence-corrected chi connectivity index (χ2v) is 23.5. The van der Waals surface area contributed by atoms with E-state index in [0.29, 0.717) is 0 Å². The summed E-state index contributed by atoms with van der Waals surface area (Å²) in [6, 6.07) is 0. The number of fused-ring (bicyclic) bond motifs is 3. The molecular formula is C32H42N15O16P3S3. The van der Waals surface area contributed by atoms with E-state index < -0.39 is 114 Å². The number of methoxy groups -OCH3 is 2. The highest BCUT2D eigenvalue weighted by atomic mass is 32.5. The highest BCUT2D eigenvalue weighted by Crippen LogP contribution is 2.54. The maximum atomic E-state index is 11.7. The van der Waals surface area contributed by atoms with Gasteiger partial charge in [0.15, 0.2) is 53.1 Å². The van der Waals surface area contributed by atoms with E-state index in [-0.39, 0.29) is 50.9 Å². The molecule has 6 aromatic rings. The topological polar surface area (TPSA) is 423 Å². The molecule has 9 rings (SSSR count). The van der Waals surface area contributed by atoms with Crippen molar-refractivity contribution in [2.75, 3.05) is 51.2 Å². The van der Waals surface area contributed by atoms with Crippen molar-refractivity contribution in [3.8, 4) is 0 Å². The third kappa shape index (κ3) is 10.1. The van der Waals surface area contributed by atoms with Gasteiger partial charge in [-0.2, -0.15) is 0 Å². The van der Waals surface area contributed by atoms with Crippen LogP contribution in [0.3, 0.4) is 0 Å². The first-order valence-corrected chi connectivity index (χ1v) is 27.8. The molecule has 0 radical (unpaired) electrons. The van der Waals surface area contributed by atoms with Gasteiger partial charge in [-0.05, 0) is 35.4 Å². The summed E-state index contributed by atoms with van der Waals surface area (Å²) in [5, 5.41) is 22.0. The fourth-order valence-electron chi connectivity index (χ4n) is 8.07. The second-order valence-electron chi connectivity index (χ2n) is 15.3. The Morgan fingerprint density at radius 3 is 1.28 bits per heavy atom. The number of ether oxygens (including phenoxy) is 5. The first kappa shape index (κ1) is 50.3. The van der Waals surface area contributed by atoms with Crippen LogP contribution >= 0.6 is 20.2 Å². The van der Waals surface area contributed by atoms with E-state index in [2.05, 4.69) is 56.7 Å². The van der Waals surface area contributed by atoms with Gasteiger partial charge in [0.25, 0.3) is 0 Å². The van der Waals surface area contributed by atoms with Crippen molar-refractivity contribution >= 4 is 107 Å². The predicted molar refractivity (Wildman–Crippen MR) is 244 cm³/mol. The van der Waals surface area contributed by atoms with Crippen LogP contribution in [0.15, 0.2) is 38.0 Å². The van der Waals surface area contributed by atoms with Crippen molar-refractivity contribution < 1.29 is 76.1 Å². The molecule has 69 heavy (non-hydrogen) atoms. The second kappa shape index (κ2) is 19.8. The minimum atomic E-state index is -4.40. The van der Waals surface area contributed by atoms with Crippen LogP contribution in [0, 0.1) is 0 Å². The monoisotopic (exact) mass is 1080 g/mol. The summed E-state index contributed by atoms with van der Waals surface area (Å²) >= 11 is 15.6. The lowest BCUT2D eigenvalue weighted by Gasteiger charge is -2.29. The predicted octanol–water partition coefficient (Wildman–Crippen LogP) is -1.84. The fraction of sp³-hybridized carbons (Fsp3) is 0.531. The summed E-state index contributed by atoms with van der Waals surface area (Å²) in [5.41, 5.74) is 19.3. The molecule has 37 heteroatoms. The molecule has 0 saturated carbocycles. The Hall–Kier alpha value is -3.64. The van der Waals surface area contributed by atoms with Crippen LogP contribution in [0.5, 0.6) is 0 Å². The van der Waals surface area contributed by atoms with E-state index in [0.717, 1.165) is 0 Å².